The molecule has 0 radical (unpaired) electrons. The van der Waals surface area contributed by atoms with Gasteiger partial charge in [0.25, 0.3) is 0 Å². The van der Waals surface area contributed by atoms with E-state index in [0.717, 1.165) is 11.1 Å². The van der Waals surface area contributed by atoms with E-state index < -0.39 is 6.10 Å². The van der Waals surface area contributed by atoms with Crippen LogP contribution in [0.2, 0.25) is 0 Å². The van der Waals surface area contributed by atoms with Crippen LogP contribution < -0.4 is 4.74 Å². The molecule has 1 aromatic carbocycles. The van der Waals surface area contributed by atoms with Crippen LogP contribution in [-0.4, -0.2) is 23.3 Å². The zero-order chi connectivity index (χ0) is 15.2. The summed E-state index contributed by atoms with van der Waals surface area (Å²) in [5.74, 6) is 1.13. The van der Waals surface area contributed by atoms with Crippen molar-refractivity contribution in [3.05, 3.63) is 59.3 Å². The minimum atomic E-state index is -0.398. The van der Waals surface area contributed by atoms with Crippen molar-refractivity contribution in [2.45, 2.75) is 38.7 Å². The molecule has 0 aliphatic heterocycles. The second kappa shape index (κ2) is 7.23. The fourth-order valence-electron chi connectivity index (χ4n) is 2.31. The first-order valence-electron chi connectivity index (χ1n) is 7.34. The fraction of sp³-hybridized carbons (Fsp3) is 0.389. The molecule has 0 saturated carbocycles. The molecule has 2 aromatic rings. The lowest BCUT2D eigenvalue weighted by atomic mass is 9.98. The molecule has 2 rings (SSSR count). The number of benzene rings is 1. The molecule has 1 N–H and O–H groups in total. The first kappa shape index (κ1) is 15.5. The smallest absolute Gasteiger partial charge is 0.212 e. The van der Waals surface area contributed by atoms with Gasteiger partial charge in [-0.05, 0) is 29.0 Å². The summed E-state index contributed by atoms with van der Waals surface area (Å²) in [6.45, 7) is 4.36. The quantitative estimate of drug-likeness (QED) is 0.885. The molecule has 0 fully saturated rings. The number of aromatic nitrogens is 1. The largest absolute Gasteiger partial charge is 0.481 e. The van der Waals surface area contributed by atoms with Crippen LogP contribution in [0.25, 0.3) is 0 Å². The second-order valence-electron chi connectivity index (χ2n) is 5.67. The van der Waals surface area contributed by atoms with Gasteiger partial charge in [0.05, 0.1) is 13.2 Å². The normalized spacial score (nSPS) is 12.4. The van der Waals surface area contributed by atoms with Crippen molar-refractivity contribution in [1.29, 1.82) is 0 Å². The summed E-state index contributed by atoms with van der Waals surface area (Å²) in [7, 11) is 1.59. The van der Waals surface area contributed by atoms with Crippen LogP contribution in [-0.2, 0) is 12.8 Å². The van der Waals surface area contributed by atoms with Crippen molar-refractivity contribution in [1.82, 2.24) is 4.98 Å². The number of methoxy groups -OCH3 is 1. The van der Waals surface area contributed by atoms with Gasteiger partial charge in [-0.15, -0.1) is 0 Å². The van der Waals surface area contributed by atoms with Gasteiger partial charge < -0.3 is 9.84 Å². The summed E-state index contributed by atoms with van der Waals surface area (Å²) >= 11 is 0. The van der Waals surface area contributed by atoms with E-state index in [2.05, 4.69) is 43.1 Å². The number of aliphatic hydroxyl groups excluding tert-OH is 1. The Kier molecular flexibility index (Phi) is 5.34. The molecular weight excluding hydrogens is 262 g/mol. The van der Waals surface area contributed by atoms with Crippen LogP contribution in [0.4, 0.5) is 0 Å². The lowest BCUT2D eigenvalue weighted by molar-refractivity contribution is 0.175. The van der Waals surface area contributed by atoms with Gasteiger partial charge in [0.1, 0.15) is 0 Å². The molecule has 21 heavy (non-hydrogen) atoms. The van der Waals surface area contributed by atoms with Crippen LogP contribution in [0.15, 0.2) is 42.6 Å². The molecule has 0 spiro atoms. The monoisotopic (exact) mass is 285 g/mol. The lowest BCUT2D eigenvalue weighted by Crippen LogP contribution is -2.14. The molecule has 3 nitrogen and oxygen atoms in total. The number of hydrogen-bond donors (Lipinski definition) is 1. The Balaban J connectivity index is 1.92. The third kappa shape index (κ3) is 4.57. The topological polar surface area (TPSA) is 42.4 Å². The fourth-order valence-corrected chi connectivity index (χ4v) is 2.31. The van der Waals surface area contributed by atoms with E-state index in [1.54, 1.807) is 13.3 Å². The highest BCUT2D eigenvalue weighted by Gasteiger charge is 2.08. The third-order valence-electron chi connectivity index (χ3n) is 3.60. The maximum atomic E-state index is 10.2. The average Bonchev–Trinajstić information content (AvgIpc) is 2.48. The SMILES string of the molecule is COc1ccc(CC(O)Cc2ccc(C(C)C)cc2)cn1. The molecule has 0 aliphatic carbocycles. The van der Waals surface area contributed by atoms with Gasteiger partial charge in [-0.3, -0.25) is 0 Å². The molecule has 1 atom stereocenters. The summed E-state index contributed by atoms with van der Waals surface area (Å²) in [4.78, 5) is 4.15. The minimum absolute atomic E-state index is 0.398. The Morgan fingerprint density at radius 1 is 1.00 bits per heavy atom. The Bertz CT molecular complexity index is 546. The molecule has 0 bridgehead atoms. The van der Waals surface area contributed by atoms with Crippen LogP contribution in [0, 0.1) is 0 Å². The standard InChI is InChI=1S/C18H23NO2/c1-13(2)16-7-4-14(5-8-16)10-17(20)11-15-6-9-18(21-3)19-12-15/h4-9,12-13,17,20H,10-11H2,1-3H3. The van der Waals surface area contributed by atoms with E-state index in [0.29, 0.717) is 24.6 Å². The van der Waals surface area contributed by atoms with Gasteiger partial charge in [-0.2, -0.15) is 0 Å². The van der Waals surface area contributed by atoms with E-state index in [1.807, 2.05) is 12.1 Å². The second-order valence-corrected chi connectivity index (χ2v) is 5.67. The van der Waals surface area contributed by atoms with E-state index in [9.17, 15) is 5.11 Å². The van der Waals surface area contributed by atoms with Crippen molar-refractivity contribution in [3.8, 4) is 5.88 Å². The Hall–Kier alpha value is -1.87. The summed E-state index contributed by atoms with van der Waals surface area (Å²) < 4.78 is 5.03. The summed E-state index contributed by atoms with van der Waals surface area (Å²) in [5, 5.41) is 10.2. The zero-order valence-corrected chi connectivity index (χ0v) is 12.9. The van der Waals surface area contributed by atoms with E-state index >= 15 is 0 Å². The van der Waals surface area contributed by atoms with Gasteiger partial charge in [-0.1, -0.05) is 44.2 Å². The Morgan fingerprint density at radius 2 is 1.62 bits per heavy atom. The molecule has 1 heterocycles. The first-order chi connectivity index (χ1) is 10.1. The number of ether oxygens (including phenoxy) is 1. The molecule has 0 amide bonds. The number of pyridine rings is 1. The third-order valence-corrected chi connectivity index (χ3v) is 3.60. The molecule has 1 unspecified atom stereocenters. The van der Waals surface area contributed by atoms with Crippen LogP contribution in [0.1, 0.15) is 36.5 Å². The molecule has 112 valence electrons. The summed E-state index contributed by atoms with van der Waals surface area (Å²) in [6, 6.07) is 12.2. The Labute approximate surface area is 126 Å². The van der Waals surface area contributed by atoms with Crippen molar-refractivity contribution in [2.24, 2.45) is 0 Å². The van der Waals surface area contributed by atoms with Gasteiger partial charge in [0.2, 0.25) is 5.88 Å². The maximum Gasteiger partial charge on any atom is 0.212 e. The minimum Gasteiger partial charge on any atom is -0.481 e. The molecule has 0 aliphatic rings. The predicted molar refractivity (Wildman–Crippen MR) is 84.7 cm³/mol. The molecule has 3 heteroatoms. The maximum absolute atomic E-state index is 10.2. The van der Waals surface area contributed by atoms with E-state index in [1.165, 1.54) is 5.56 Å². The highest BCUT2D eigenvalue weighted by Crippen LogP contribution is 2.16. The van der Waals surface area contributed by atoms with E-state index in [-0.39, 0.29) is 0 Å². The number of hydrogen-bond acceptors (Lipinski definition) is 3. The van der Waals surface area contributed by atoms with Crippen molar-refractivity contribution in [3.63, 3.8) is 0 Å². The average molecular weight is 285 g/mol. The zero-order valence-electron chi connectivity index (χ0n) is 12.9. The lowest BCUT2D eigenvalue weighted by Gasteiger charge is -2.12. The first-order valence-corrected chi connectivity index (χ1v) is 7.34. The van der Waals surface area contributed by atoms with E-state index in [4.69, 9.17) is 4.74 Å². The van der Waals surface area contributed by atoms with Crippen LogP contribution in [0.3, 0.4) is 0 Å². The number of nitrogens with zero attached hydrogens (tertiary/aromatic N) is 1. The summed E-state index contributed by atoms with van der Waals surface area (Å²) in [6.07, 6.45) is 2.61. The molecule has 0 saturated heterocycles. The van der Waals surface area contributed by atoms with Gasteiger partial charge in [-0.25, -0.2) is 4.98 Å². The van der Waals surface area contributed by atoms with Crippen molar-refractivity contribution in [2.75, 3.05) is 7.11 Å². The Morgan fingerprint density at radius 3 is 2.14 bits per heavy atom. The van der Waals surface area contributed by atoms with Crippen molar-refractivity contribution >= 4 is 0 Å². The van der Waals surface area contributed by atoms with Gasteiger partial charge >= 0.3 is 0 Å². The number of rotatable bonds is 6. The number of aliphatic hydroxyl groups is 1. The van der Waals surface area contributed by atoms with Gasteiger partial charge in [0, 0.05) is 18.7 Å². The van der Waals surface area contributed by atoms with Crippen LogP contribution >= 0.6 is 0 Å². The predicted octanol–water partition coefficient (Wildman–Crippen LogP) is 3.36. The highest BCUT2D eigenvalue weighted by atomic mass is 16.5. The van der Waals surface area contributed by atoms with Crippen molar-refractivity contribution < 1.29 is 9.84 Å². The molecule has 1 aromatic heterocycles. The highest BCUT2D eigenvalue weighted by molar-refractivity contribution is 5.25. The summed E-state index contributed by atoms with van der Waals surface area (Å²) in [5.41, 5.74) is 3.50. The van der Waals surface area contributed by atoms with Crippen LogP contribution in [0.5, 0.6) is 5.88 Å². The van der Waals surface area contributed by atoms with Gasteiger partial charge in [0.15, 0.2) is 0 Å². The molecular formula is C18H23NO2.